The van der Waals surface area contributed by atoms with Gasteiger partial charge in [-0.15, -0.1) is 0 Å². The van der Waals surface area contributed by atoms with Crippen LogP contribution < -0.4 is 0 Å². The Hall–Kier alpha value is -7.68. The van der Waals surface area contributed by atoms with Crippen LogP contribution >= 0.6 is 0 Å². The van der Waals surface area contributed by atoms with Gasteiger partial charge in [-0.3, -0.25) is 0 Å². The van der Waals surface area contributed by atoms with Crippen molar-refractivity contribution in [1.82, 2.24) is 0 Å². The number of benzene rings is 4. The number of carbonyl (C=O) groups is 4. The van der Waals surface area contributed by atoms with Gasteiger partial charge in [-0.05, 0) is 48.5 Å². The molecule has 1 unspecified atom stereocenters. The molecule has 21 nitrogen and oxygen atoms in total. The molecular formula is C33H28O21. The minimum absolute atomic E-state index is 0.516. The van der Waals surface area contributed by atoms with Gasteiger partial charge < -0.3 is 85.0 Å². The van der Waals surface area contributed by atoms with Crippen LogP contribution in [0.1, 0.15) is 41.4 Å². The van der Waals surface area contributed by atoms with E-state index in [1.165, 1.54) is 0 Å². The molecule has 0 saturated heterocycles. The van der Waals surface area contributed by atoms with Crippen molar-refractivity contribution in [3.63, 3.8) is 0 Å². The molecule has 0 fully saturated rings. The molecule has 1 atom stereocenters. The molecule has 0 amide bonds. The number of aromatic hydroxyl groups is 12. The Bertz CT molecular complexity index is 1940. The first-order valence-electron chi connectivity index (χ1n) is 14.7. The molecule has 0 aliphatic rings. The Morgan fingerprint density at radius 3 is 0.907 bits per heavy atom. The molecule has 21 heteroatoms. The average molecular weight is 761 g/mol. The molecule has 0 bridgehead atoms. The lowest BCUT2D eigenvalue weighted by atomic mass is 10.2. The minimum Gasteiger partial charge on any atom is -0.504 e. The van der Waals surface area contributed by atoms with Gasteiger partial charge in [-0.25, -0.2) is 19.2 Å². The molecule has 0 spiro atoms. The van der Waals surface area contributed by atoms with Crippen LogP contribution in [0.4, 0.5) is 0 Å². The Morgan fingerprint density at radius 2 is 0.630 bits per heavy atom. The highest BCUT2D eigenvalue weighted by Crippen LogP contribution is 2.38. The van der Waals surface area contributed by atoms with Crippen LogP contribution in [0.3, 0.4) is 0 Å². The van der Waals surface area contributed by atoms with E-state index < -0.39 is 147 Å². The molecule has 4 aromatic rings. The fraction of sp³-hybridized carbons (Fsp3) is 0.152. The van der Waals surface area contributed by atoms with Crippen LogP contribution in [0.25, 0.3) is 0 Å². The third-order valence-electron chi connectivity index (χ3n) is 6.96. The second-order valence-electron chi connectivity index (χ2n) is 10.8. The first kappa shape index (κ1) is 39.1. The van der Waals surface area contributed by atoms with Crippen LogP contribution in [0.5, 0.6) is 69.0 Å². The number of ether oxygens (including phenoxy) is 5. The molecule has 0 aromatic heterocycles. The number of hydrogen-bond donors (Lipinski definition) is 12. The van der Waals surface area contributed by atoms with Crippen LogP contribution in [-0.2, 0) is 23.7 Å². The van der Waals surface area contributed by atoms with Crippen LogP contribution in [0.2, 0.25) is 0 Å². The Labute approximate surface area is 300 Å². The van der Waals surface area contributed by atoms with Crippen molar-refractivity contribution in [3.8, 4) is 69.0 Å². The molecule has 4 rings (SSSR count). The molecule has 0 saturated carbocycles. The Morgan fingerprint density at radius 1 is 0.389 bits per heavy atom. The largest absolute Gasteiger partial charge is 0.504 e. The van der Waals surface area contributed by atoms with Crippen molar-refractivity contribution < 1.29 is 104 Å². The predicted octanol–water partition coefficient (Wildman–Crippen LogP) is 1.59. The van der Waals surface area contributed by atoms with Gasteiger partial charge in [0.1, 0.15) is 19.3 Å². The summed E-state index contributed by atoms with van der Waals surface area (Å²) in [6.45, 7) is -2.97. The molecule has 286 valence electrons. The lowest BCUT2D eigenvalue weighted by Gasteiger charge is -2.24. The van der Waals surface area contributed by atoms with Crippen molar-refractivity contribution in [1.29, 1.82) is 0 Å². The number of phenols is 12. The van der Waals surface area contributed by atoms with E-state index in [2.05, 4.69) is 0 Å². The van der Waals surface area contributed by atoms with Crippen LogP contribution in [-0.4, -0.2) is 117 Å². The molecular weight excluding hydrogens is 732 g/mol. The highest BCUT2D eigenvalue weighted by molar-refractivity contribution is 5.93. The first-order valence-corrected chi connectivity index (χ1v) is 14.7. The summed E-state index contributed by atoms with van der Waals surface area (Å²) in [5.74, 6) is -16.6. The predicted molar refractivity (Wildman–Crippen MR) is 171 cm³/mol. The van der Waals surface area contributed by atoms with Gasteiger partial charge in [0.2, 0.25) is 6.29 Å². The summed E-state index contributed by atoms with van der Waals surface area (Å²) in [5, 5.41) is 117. The van der Waals surface area contributed by atoms with Gasteiger partial charge in [-0.1, -0.05) is 0 Å². The van der Waals surface area contributed by atoms with Crippen LogP contribution in [0.15, 0.2) is 48.5 Å². The number of esters is 4. The van der Waals surface area contributed by atoms with Crippen molar-refractivity contribution >= 4 is 23.9 Å². The summed E-state index contributed by atoms with van der Waals surface area (Å²) in [5.41, 5.74) is -2.18. The van der Waals surface area contributed by atoms with E-state index >= 15 is 0 Å². The molecule has 54 heavy (non-hydrogen) atoms. The Kier molecular flexibility index (Phi) is 11.7. The molecule has 0 heterocycles. The van der Waals surface area contributed by atoms with Gasteiger partial charge in [0.15, 0.2) is 75.6 Å². The third-order valence-corrected chi connectivity index (χ3v) is 6.96. The second kappa shape index (κ2) is 16.1. The highest BCUT2D eigenvalue weighted by atomic mass is 16.7. The van der Waals surface area contributed by atoms with E-state index in [4.69, 9.17) is 23.7 Å². The molecule has 4 aromatic carbocycles. The number of carbonyl (C=O) groups excluding carboxylic acids is 4. The summed E-state index contributed by atoms with van der Waals surface area (Å²) in [6.07, 6.45) is -3.82. The lowest BCUT2D eigenvalue weighted by Crippen LogP contribution is -2.37. The summed E-state index contributed by atoms with van der Waals surface area (Å²) >= 11 is 0. The van der Waals surface area contributed by atoms with Gasteiger partial charge >= 0.3 is 23.9 Å². The topological polar surface area (TPSA) is 357 Å². The summed E-state index contributed by atoms with van der Waals surface area (Å²) < 4.78 is 26.1. The number of rotatable bonds is 13. The van der Waals surface area contributed by atoms with E-state index in [9.17, 15) is 80.5 Å². The maximum atomic E-state index is 13.0. The van der Waals surface area contributed by atoms with Crippen molar-refractivity contribution in [3.05, 3.63) is 70.8 Å². The van der Waals surface area contributed by atoms with E-state index in [1.54, 1.807) is 0 Å². The molecule has 0 radical (unpaired) electrons. The van der Waals surface area contributed by atoms with E-state index in [0.717, 1.165) is 0 Å². The number of hydrogen-bond acceptors (Lipinski definition) is 21. The molecule has 12 N–H and O–H groups in total. The second-order valence-corrected chi connectivity index (χ2v) is 10.8. The lowest BCUT2D eigenvalue weighted by molar-refractivity contribution is -0.177. The zero-order valence-corrected chi connectivity index (χ0v) is 26.9. The zero-order valence-electron chi connectivity index (χ0n) is 26.9. The highest BCUT2D eigenvalue weighted by Gasteiger charge is 2.28. The minimum atomic E-state index is -2.09. The summed E-state index contributed by atoms with van der Waals surface area (Å²) in [4.78, 5) is 51.3. The van der Waals surface area contributed by atoms with E-state index in [0.29, 0.717) is 48.5 Å². The van der Waals surface area contributed by atoms with Crippen molar-refractivity contribution in [2.75, 3.05) is 19.8 Å². The Balaban J connectivity index is 1.63. The molecule has 0 aliphatic carbocycles. The van der Waals surface area contributed by atoms with Gasteiger partial charge in [0.05, 0.1) is 22.3 Å². The third kappa shape index (κ3) is 9.15. The number of phenolic OH excluding ortho intramolecular Hbond substituents is 12. The fourth-order valence-electron chi connectivity index (χ4n) is 4.25. The van der Waals surface area contributed by atoms with Gasteiger partial charge in [0.25, 0.3) is 0 Å². The SMILES string of the molecule is O=C(OCC(COC(=O)c1cc(O)c(O)c(O)c1)OC(COC(=O)c1cc(O)c(O)c(O)c1)OC(=O)c1cc(O)c(O)c(O)c1)c1cc(O)c(O)c(O)c1. The van der Waals surface area contributed by atoms with E-state index in [-0.39, 0.29) is 0 Å². The van der Waals surface area contributed by atoms with Crippen molar-refractivity contribution in [2.45, 2.75) is 12.4 Å². The first-order chi connectivity index (χ1) is 25.4. The monoisotopic (exact) mass is 760 g/mol. The van der Waals surface area contributed by atoms with Crippen LogP contribution in [0, 0.1) is 0 Å². The maximum absolute atomic E-state index is 13.0. The quantitative estimate of drug-likeness (QED) is 0.0398. The fourth-order valence-corrected chi connectivity index (χ4v) is 4.25. The summed E-state index contributed by atoms with van der Waals surface area (Å²) in [7, 11) is 0. The van der Waals surface area contributed by atoms with Gasteiger partial charge in [0, 0.05) is 0 Å². The standard InChI is InChI=1S/C33H28O21/c34-17-1-12(2-18(35)26(17)42)30(46)50-9-16(10-51-31(47)13-3-19(36)27(43)20(37)4-13)53-25(54-33(49)15-7-23(40)29(45)24(41)8-15)11-52-32(48)14-5-21(38)28(44)22(39)6-14/h1-8,16,25,34-45H,9-11H2. The molecule has 0 aliphatic heterocycles. The van der Waals surface area contributed by atoms with Gasteiger partial charge in [-0.2, -0.15) is 0 Å². The maximum Gasteiger partial charge on any atom is 0.340 e. The zero-order chi connectivity index (χ0) is 40.0. The summed E-state index contributed by atoms with van der Waals surface area (Å²) in [6, 6.07) is 5.56. The van der Waals surface area contributed by atoms with Crippen molar-refractivity contribution in [2.24, 2.45) is 0 Å². The smallest absolute Gasteiger partial charge is 0.340 e. The normalized spacial score (nSPS) is 11.4. The average Bonchev–Trinajstić information content (AvgIpc) is 3.12. The van der Waals surface area contributed by atoms with E-state index in [1.807, 2.05) is 0 Å².